The number of β-amino-alcohol motifs (C(OH)–C–C–N with tert-alkyl or cyclic N) is 1. The molecule has 4 heteroatoms. The molecular formula is C15H18N2O2. The van der Waals surface area contributed by atoms with Crippen LogP contribution in [0.4, 0.5) is 0 Å². The Labute approximate surface area is 112 Å². The molecule has 1 aromatic carbocycles. The molecule has 1 amide bonds. The van der Waals surface area contributed by atoms with Crippen LogP contribution in [0.15, 0.2) is 30.3 Å². The third-order valence-corrected chi connectivity index (χ3v) is 3.85. The van der Waals surface area contributed by atoms with Gasteiger partial charge in [-0.3, -0.25) is 4.79 Å². The summed E-state index contributed by atoms with van der Waals surface area (Å²) in [6.45, 7) is 1.18. The number of amides is 1. The maximum absolute atomic E-state index is 12.5. The van der Waals surface area contributed by atoms with E-state index in [0.29, 0.717) is 12.2 Å². The number of hydrogen-bond donors (Lipinski definition) is 1. The fraction of sp³-hybridized carbons (Fsp3) is 0.400. The lowest BCUT2D eigenvalue weighted by Crippen LogP contribution is -2.42. The zero-order valence-electron chi connectivity index (χ0n) is 11.0. The van der Waals surface area contributed by atoms with E-state index >= 15 is 0 Å². The highest BCUT2D eigenvalue weighted by molar-refractivity contribution is 5.98. The van der Waals surface area contributed by atoms with Gasteiger partial charge in [0.05, 0.1) is 6.10 Å². The Hall–Kier alpha value is -1.81. The lowest BCUT2D eigenvalue weighted by molar-refractivity contribution is 0.0466. The van der Waals surface area contributed by atoms with E-state index in [9.17, 15) is 9.90 Å². The summed E-state index contributed by atoms with van der Waals surface area (Å²) >= 11 is 0. The summed E-state index contributed by atoms with van der Waals surface area (Å²) in [5.41, 5.74) is 1.75. The van der Waals surface area contributed by atoms with Gasteiger partial charge in [-0.25, -0.2) is 0 Å². The SMILES string of the molecule is Cn1c(C(=O)N2CCCC(O)C2)cc2ccccc21. The molecule has 1 N–H and O–H groups in total. The van der Waals surface area contributed by atoms with Crippen LogP contribution >= 0.6 is 0 Å². The van der Waals surface area contributed by atoms with Crippen LogP contribution in [0.5, 0.6) is 0 Å². The summed E-state index contributed by atoms with van der Waals surface area (Å²) < 4.78 is 1.93. The highest BCUT2D eigenvalue weighted by atomic mass is 16.3. The first kappa shape index (κ1) is 12.2. The zero-order chi connectivity index (χ0) is 13.4. The molecular weight excluding hydrogens is 240 g/mol. The predicted molar refractivity (Wildman–Crippen MR) is 74.1 cm³/mol. The molecule has 0 radical (unpaired) electrons. The number of aliphatic hydroxyl groups is 1. The van der Waals surface area contributed by atoms with Crippen LogP contribution < -0.4 is 0 Å². The molecule has 2 aromatic rings. The van der Waals surface area contributed by atoms with Gasteiger partial charge < -0.3 is 14.6 Å². The van der Waals surface area contributed by atoms with Crippen molar-refractivity contribution in [1.29, 1.82) is 0 Å². The highest BCUT2D eigenvalue weighted by Gasteiger charge is 2.25. The van der Waals surface area contributed by atoms with Crippen molar-refractivity contribution in [3.8, 4) is 0 Å². The van der Waals surface area contributed by atoms with E-state index in [1.165, 1.54) is 0 Å². The van der Waals surface area contributed by atoms with Gasteiger partial charge in [0.2, 0.25) is 0 Å². The number of carbonyl (C=O) groups excluding carboxylic acids is 1. The number of benzene rings is 1. The molecule has 100 valence electrons. The highest BCUT2D eigenvalue weighted by Crippen LogP contribution is 2.21. The van der Waals surface area contributed by atoms with Crippen molar-refractivity contribution in [1.82, 2.24) is 9.47 Å². The third-order valence-electron chi connectivity index (χ3n) is 3.85. The molecule has 0 spiro atoms. The minimum absolute atomic E-state index is 0.0115. The van der Waals surface area contributed by atoms with Crippen LogP contribution in [0, 0.1) is 0 Å². The summed E-state index contributed by atoms with van der Waals surface area (Å²) in [5.74, 6) is 0.0115. The molecule has 2 heterocycles. The number of rotatable bonds is 1. The van der Waals surface area contributed by atoms with Gasteiger partial charge in [-0.15, -0.1) is 0 Å². The largest absolute Gasteiger partial charge is 0.391 e. The van der Waals surface area contributed by atoms with Crippen molar-refractivity contribution in [2.45, 2.75) is 18.9 Å². The number of aliphatic hydroxyl groups excluding tert-OH is 1. The van der Waals surface area contributed by atoms with Crippen LogP contribution in [0.1, 0.15) is 23.3 Å². The minimum Gasteiger partial charge on any atom is -0.391 e. The van der Waals surface area contributed by atoms with Gasteiger partial charge in [0.1, 0.15) is 5.69 Å². The molecule has 1 aliphatic heterocycles. The topological polar surface area (TPSA) is 45.5 Å². The number of carbonyl (C=O) groups is 1. The number of likely N-dealkylation sites (tertiary alicyclic amines) is 1. The zero-order valence-corrected chi connectivity index (χ0v) is 11.0. The van der Waals surface area contributed by atoms with Crippen molar-refractivity contribution in [2.75, 3.05) is 13.1 Å². The Morgan fingerprint density at radius 1 is 1.37 bits per heavy atom. The van der Waals surface area contributed by atoms with Crippen molar-refractivity contribution in [2.24, 2.45) is 7.05 Å². The van der Waals surface area contributed by atoms with Gasteiger partial charge in [0, 0.05) is 31.0 Å². The molecule has 4 nitrogen and oxygen atoms in total. The first-order valence-corrected chi connectivity index (χ1v) is 6.68. The lowest BCUT2D eigenvalue weighted by atomic mass is 10.1. The van der Waals surface area contributed by atoms with Crippen LogP contribution in [0.3, 0.4) is 0 Å². The molecule has 0 aliphatic carbocycles. The number of aromatic nitrogens is 1. The molecule has 0 saturated carbocycles. The van der Waals surface area contributed by atoms with Gasteiger partial charge in [-0.1, -0.05) is 18.2 Å². The second kappa shape index (κ2) is 4.70. The first-order valence-electron chi connectivity index (χ1n) is 6.68. The second-order valence-corrected chi connectivity index (χ2v) is 5.19. The average Bonchev–Trinajstić information content (AvgIpc) is 2.76. The van der Waals surface area contributed by atoms with Gasteiger partial charge in [-0.2, -0.15) is 0 Å². The molecule has 1 atom stereocenters. The summed E-state index contributed by atoms with van der Waals surface area (Å²) in [4.78, 5) is 14.3. The Balaban J connectivity index is 1.95. The molecule has 1 unspecified atom stereocenters. The van der Waals surface area contributed by atoms with E-state index < -0.39 is 0 Å². The lowest BCUT2D eigenvalue weighted by Gasteiger charge is -2.30. The van der Waals surface area contributed by atoms with Crippen LogP contribution in [0.2, 0.25) is 0 Å². The number of para-hydroxylation sites is 1. The fourth-order valence-corrected chi connectivity index (χ4v) is 2.80. The maximum Gasteiger partial charge on any atom is 0.270 e. The minimum atomic E-state index is -0.382. The van der Waals surface area contributed by atoms with Crippen molar-refractivity contribution in [3.05, 3.63) is 36.0 Å². The van der Waals surface area contributed by atoms with Gasteiger partial charge in [-0.05, 0) is 25.0 Å². The molecule has 1 aromatic heterocycles. The molecule has 1 fully saturated rings. The Morgan fingerprint density at radius 3 is 2.89 bits per heavy atom. The summed E-state index contributed by atoms with van der Waals surface area (Å²) in [6.07, 6.45) is 1.28. The maximum atomic E-state index is 12.5. The van der Waals surface area contributed by atoms with Gasteiger partial charge in [0.15, 0.2) is 0 Å². The predicted octanol–water partition coefficient (Wildman–Crippen LogP) is 1.78. The smallest absolute Gasteiger partial charge is 0.270 e. The van der Waals surface area contributed by atoms with E-state index in [0.717, 1.165) is 30.3 Å². The first-order chi connectivity index (χ1) is 9.16. The van der Waals surface area contributed by atoms with E-state index in [4.69, 9.17) is 0 Å². The van der Waals surface area contributed by atoms with Gasteiger partial charge >= 0.3 is 0 Å². The Bertz CT molecular complexity index is 618. The fourth-order valence-electron chi connectivity index (χ4n) is 2.80. The van der Waals surface area contributed by atoms with E-state index in [1.807, 2.05) is 41.9 Å². The number of fused-ring (bicyclic) bond motifs is 1. The van der Waals surface area contributed by atoms with Crippen molar-refractivity contribution in [3.63, 3.8) is 0 Å². The monoisotopic (exact) mass is 258 g/mol. The van der Waals surface area contributed by atoms with Crippen molar-refractivity contribution >= 4 is 16.8 Å². The van der Waals surface area contributed by atoms with Crippen LogP contribution in [0.25, 0.3) is 10.9 Å². The van der Waals surface area contributed by atoms with Crippen LogP contribution in [-0.2, 0) is 7.05 Å². The Kier molecular flexibility index (Phi) is 3.03. The quantitative estimate of drug-likeness (QED) is 0.847. The average molecular weight is 258 g/mol. The second-order valence-electron chi connectivity index (χ2n) is 5.19. The van der Waals surface area contributed by atoms with E-state index in [2.05, 4.69) is 0 Å². The third kappa shape index (κ3) is 2.12. The molecule has 19 heavy (non-hydrogen) atoms. The van der Waals surface area contributed by atoms with Crippen molar-refractivity contribution < 1.29 is 9.90 Å². The molecule has 1 aliphatic rings. The summed E-state index contributed by atoms with van der Waals surface area (Å²) in [5, 5.41) is 10.8. The molecule has 0 bridgehead atoms. The normalized spacial score (nSPS) is 19.9. The standard InChI is InChI=1S/C15H18N2O2/c1-16-13-7-3-2-5-11(13)9-14(16)15(19)17-8-4-6-12(18)10-17/h2-3,5,7,9,12,18H,4,6,8,10H2,1H3. The van der Waals surface area contributed by atoms with Crippen LogP contribution in [-0.4, -0.2) is 39.7 Å². The number of aryl methyl sites for hydroxylation is 1. The van der Waals surface area contributed by atoms with E-state index in [-0.39, 0.29) is 12.0 Å². The number of nitrogens with zero attached hydrogens (tertiary/aromatic N) is 2. The molecule has 1 saturated heterocycles. The van der Waals surface area contributed by atoms with E-state index in [1.54, 1.807) is 4.90 Å². The summed E-state index contributed by atoms with van der Waals surface area (Å²) in [7, 11) is 1.91. The number of piperidine rings is 1. The summed E-state index contributed by atoms with van der Waals surface area (Å²) in [6, 6.07) is 9.90. The Morgan fingerprint density at radius 2 is 2.16 bits per heavy atom. The number of hydrogen-bond acceptors (Lipinski definition) is 2. The molecule has 3 rings (SSSR count). The van der Waals surface area contributed by atoms with Gasteiger partial charge in [0.25, 0.3) is 5.91 Å².